The van der Waals surface area contributed by atoms with Crippen molar-refractivity contribution in [2.45, 2.75) is 19.8 Å². The van der Waals surface area contributed by atoms with Gasteiger partial charge in [0.05, 0.1) is 18.2 Å². The molecular formula is C22H21NO5. The lowest BCUT2D eigenvalue weighted by molar-refractivity contribution is -0.143. The number of fused-ring (bicyclic) bond motifs is 1. The van der Waals surface area contributed by atoms with Crippen LogP contribution in [0.15, 0.2) is 52.9 Å². The summed E-state index contributed by atoms with van der Waals surface area (Å²) in [5, 5.41) is 9.12. The lowest BCUT2D eigenvalue weighted by atomic mass is 9.97. The number of carboxylic acids is 1. The third-order valence-corrected chi connectivity index (χ3v) is 4.82. The summed E-state index contributed by atoms with van der Waals surface area (Å²) in [6, 6.07) is 15.3. The van der Waals surface area contributed by atoms with Crippen molar-refractivity contribution >= 4 is 5.97 Å². The molecule has 0 radical (unpaired) electrons. The molecule has 144 valence electrons. The number of ether oxygens (including phenoxy) is 2. The Bertz CT molecular complexity index is 980. The van der Waals surface area contributed by atoms with E-state index in [4.69, 9.17) is 19.0 Å². The Morgan fingerprint density at radius 2 is 2.07 bits per heavy atom. The maximum Gasteiger partial charge on any atom is 0.310 e. The normalized spacial score (nSPS) is 15.5. The number of rotatable bonds is 6. The molecule has 0 unspecified atom stereocenters. The second kappa shape index (κ2) is 7.76. The molecule has 0 amide bonds. The molecule has 0 spiro atoms. The average Bonchev–Trinajstić information content (AvgIpc) is 3.09. The molecule has 0 saturated heterocycles. The van der Waals surface area contributed by atoms with Gasteiger partial charge in [0, 0.05) is 18.1 Å². The van der Waals surface area contributed by atoms with Gasteiger partial charge in [-0.3, -0.25) is 4.79 Å². The van der Waals surface area contributed by atoms with E-state index in [9.17, 15) is 4.79 Å². The average molecular weight is 379 g/mol. The second-order valence-corrected chi connectivity index (χ2v) is 6.81. The summed E-state index contributed by atoms with van der Waals surface area (Å²) >= 11 is 0. The van der Waals surface area contributed by atoms with Gasteiger partial charge in [0.1, 0.15) is 23.9 Å². The monoisotopic (exact) mass is 379 g/mol. The number of nitrogens with zero attached hydrogens (tertiary/aromatic N) is 1. The minimum Gasteiger partial charge on any atom is -0.493 e. The fourth-order valence-electron chi connectivity index (χ4n) is 3.23. The standard InChI is InChI=1S/C22H21NO5/c1-14-19(23-21(28-14)15-5-3-2-4-6-15)9-10-26-18-8-7-16-11-17(22(24)25)13-27-20(16)12-18/h2-8,12,17H,9-11,13H2,1H3,(H,24,25)/t17-/m1/s1. The van der Waals surface area contributed by atoms with Gasteiger partial charge in [0.15, 0.2) is 0 Å². The molecule has 6 heteroatoms. The molecule has 0 fully saturated rings. The van der Waals surface area contributed by atoms with Crippen LogP contribution in [0.4, 0.5) is 0 Å². The van der Waals surface area contributed by atoms with E-state index in [0.717, 1.165) is 22.6 Å². The fourth-order valence-corrected chi connectivity index (χ4v) is 3.23. The largest absolute Gasteiger partial charge is 0.493 e. The van der Waals surface area contributed by atoms with Crippen molar-refractivity contribution in [3.05, 3.63) is 65.5 Å². The maximum atomic E-state index is 11.1. The van der Waals surface area contributed by atoms with E-state index in [-0.39, 0.29) is 6.61 Å². The van der Waals surface area contributed by atoms with E-state index >= 15 is 0 Å². The van der Waals surface area contributed by atoms with E-state index in [0.29, 0.717) is 36.8 Å². The minimum atomic E-state index is -0.830. The lowest BCUT2D eigenvalue weighted by Crippen LogP contribution is -2.27. The van der Waals surface area contributed by atoms with Gasteiger partial charge < -0.3 is 19.0 Å². The molecule has 6 nitrogen and oxygen atoms in total. The Hall–Kier alpha value is -3.28. The summed E-state index contributed by atoms with van der Waals surface area (Å²) in [5.74, 6) is 1.46. The third kappa shape index (κ3) is 3.86. The SMILES string of the molecule is Cc1oc(-c2ccccc2)nc1CCOc1ccc2c(c1)OC[C@H](C(=O)O)C2. The number of aromatic nitrogens is 1. The molecular weight excluding hydrogens is 358 g/mol. The van der Waals surface area contributed by atoms with Crippen LogP contribution in [0.25, 0.3) is 11.5 Å². The Labute approximate surface area is 162 Å². The van der Waals surface area contributed by atoms with E-state index < -0.39 is 11.9 Å². The van der Waals surface area contributed by atoms with Crippen molar-refractivity contribution in [1.82, 2.24) is 4.98 Å². The van der Waals surface area contributed by atoms with Crippen LogP contribution >= 0.6 is 0 Å². The van der Waals surface area contributed by atoms with Gasteiger partial charge in [-0.15, -0.1) is 0 Å². The minimum absolute atomic E-state index is 0.187. The van der Waals surface area contributed by atoms with Gasteiger partial charge in [-0.2, -0.15) is 0 Å². The fraction of sp³-hybridized carbons (Fsp3) is 0.273. The van der Waals surface area contributed by atoms with E-state index in [1.54, 1.807) is 0 Å². The summed E-state index contributed by atoms with van der Waals surface area (Å²) in [5.41, 5.74) is 2.72. The van der Waals surface area contributed by atoms with Crippen molar-refractivity contribution < 1.29 is 23.8 Å². The van der Waals surface area contributed by atoms with Crippen molar-refractivity contribution in [3.63, 3.8) is 0 Å². The summed E-state index contributed by atoms with van der Waals surface area (Å²) in [6.45, 7) is 2.55. The highest BCUT2D eigenvalue weighted by Gasteiger charge is 2.25. The smallest absolute Gasteiger partial charge is 0.310 e. The number of aliphatic carboxylic acids is 1. The molecule has 0 saturated carbocycles. The number of hydrogen-bond donors (Lipinski definition) is 1. The maximum absolute atomic E-state index is 11.1. The van der Waals surface area contributed by atoms with Crippen LogP contribution in [0.2, 0.25) is 0 Å². The van der Waals surface area contributed by atoms with Gasteiger partial charge >= 0.3 is 5.97 Å². The number of carbonyl (C=O) groups is 1. The Morgan fingerprint density at radius 3 is 2.86 bits per heavy atom. The first-order chi connectivity index (χ1) is 13.6. The predicted molar refractivity (Wildman–Crippen MR) is 103 cm³/mol. The molecule has 2 aromatic carbocycles. The molecule has 4 rings (SSSR count). The second-order valence-electron chi connectivity index (χ2n) is 6.81. The van der Waals surface area contributed by atoms with Crippen LogP contribution in [-0.2, 0) is 17.6 Å². The summed E-state index contributed by atoms with van der Waals surface area (Å²) in [4.78, 5) is 15.7. The number of hydrogen-bond acceptors (Lipinski definition) is 5. The number of benzene rings is 2. The molecule has 0 aliphatic carbocycles. The third-order valence-electron chi connectivity index (χ3n) is 4.82. The van der Waals surface area contributed by atoms with Crippen LogP contribution < -0.4 is 9.47 Å². The molecule has 1 aromatic heterocycles. The lowest BCUT2D eigenvalue weighted by Gasteiger charge is -2.23. The van der Waals surface area contributed by atoms with Crippen molar-refractivity contribution in [1.29, 1.82) is 0 Å². The summed E-state index contributed by atoms with van der Waals surface area (Å²) < 4.78 is 17.2. The molecule has 0 bridgehead atoms. The van der Waals surface area contributed by atoms with E-state index in [1.165, 1.54) is 0 Å². The Balaban J connectivity index is 1.37. The zero-order valence-corrected chi connectivity index (χ0v) is 15.6. The molecule has 3 aromatic rings. The van der Waals surface area contributed by atoms with Crippen molar-refractivity contribution in [2.75, 3.05) is 13.2 Å². The highest BCUT2D eigenvalue weighted by Crippen LogP contribution is 2.31. The quantitative estimate of drug-likeness (QED) is 0.699. The van der Waals surface area contributed by atoms with Gasteiger partial charge in [0.25, 0.3) is 0 Å². The molecule has 1 aliphatic heterocycles. The Morgan fingerprint density at radius 1 is 1.25 bits per heavy atom. The molecule has 2 heterocycles. The van der Waals surface area contributed by atoms with Crippen molar-refractivity contribution in [2.24, 2.45) is 5.92 Å². The van der Waals surface area contributed by atoms with E-state index in [1.807, 2.05) is 55.5 Å². The Kier molecular flexibility index (Phi) is 5.02. The van der Waals surface area contributed by atoms with Crippen LogP contribution in [0.5, 0.6) is 11.5 Å². The summed E-state index contributed by atoms with van der Waals surface area (Å²) in [6.07, 6.45) is 1.10. The van der Waals surface area contributed by atoms with Gasteiger partial charge in [-0.1, -0.05) is 24.3 Å². The predicted octanol–water partition coefficient (Wildman–Crippen LogP) is 3.91. The zero-order chi connectivity index (χ0) is 19.5. The highest BCUT2D eigenvalue weighted by atomic mass is 16.5. The van der Waals surface area contributed by atoms with Crippen molar-refractivity contribution in [3.8, 4) is 23.0 Å². The van der Waals surface area contributed by atoms with Crippen LogP contribution in [0, 0.1) is 12.8 Å². The van der Waals surface area contributed by atoms with Gasteiger partial charge in [-0.05, 0) is 37.1 Å². The summed E-state index contributed by atoms with van der Waals surface area (Å²) in [7, 11) is 0. The van der Waals surface area contributed by atoms with Gasteiger partial charge in [0.2, 0.25) is 5.89 Å². The molecule has 1 N–H and O–H groups in total. The van der Waals surface area contributed by atoms with Gasteiger partial charge in [-0.25, -0.2) is 4.98 Å². The van der Waals surface area contributed by atoms with Crippen LogP contribution in [-0.4, -0.2) is 29.3 Å². The first kappa shape index (κ1) is 18.1. The number of oxazole rings is 1. The highest BCUT2D eigenvalue weighted by molar-refractivity contribution is 5.71. The first-order valence-electron chi connectivity index (χ1n) is 9.23. The topological polar surface area (TPSA) is 81.8 Å². The zero-order valence-electron chi connectivity index (χ0n) is 15.6. The number of carboxylic acid groups (broad SMARTS) is 1. The molecule has 1 atom stereocenters. The van der Waals surface area contributed by atoms with Crippen LogP contribution in [0.1, 0.15) is 17.0 Å². The van der Waals surface area contributed by atoms with E-state index in [2.05, 4.69) is 4.98 Å². The van der Waals surface area contributed by atoms with Crippen LogP contribution in [0.3, 0.4) is 0 Å². The first-order valence-corrected chi connectivity index (χ1v) is 9.23. The number of aryl methyl sites for hydroxylation is 1. The molecule has 28 heavy (non-hydrogen) atoms. The molecule has 1 aliphatic rings.